The fraction of sp³-hybridized carbons (Fsp3) is 0.333. The number of hydrogen-bond donors (Lipinski definition) is 1. The highest BCUT2D eigenvalue weighted by atomic mass is 19.4. The van der Waals surface area contributed by atoms with Crippen LogP contribution in [0.4, 0.5) is 18.9 Å². The highest BCUT2D eigenvalue weighted by molar-refractivity contribution is 5.52. The Morgan fingerprint density at radius 1 is 1.26 bits per heavy atom. The third kappa shape index (κ3) is 3.15. The molecule has 0 bridgehead atoms. The molecule has 23 heavy (non-hydrogen) atoms. The number of nitrogens with one attached hydrogen (secondary N) is 1. The summed E-state index contributed by atoms with van der Waals surface area (Å²) in [7, 11) is 0. The van der Waals surface area contributed by atoms with Gasteiger partial charge < -0.3 is 9.64 Å². The number of anilines is 1. The van der Waals surface area contributed by atoms with E-state index in [0.29, 0.717) is 24.4 Å². The predicted molar refractivity (Wildman–Crippen MR) is 77.7 cm³/mol. The largest absolute Gasteiger partial charge is 0.487 e. The monoisotopic (exact) mass is 325 g/mol. The minimum Gasteiger partial charge on any atom is -0.487 e. The predicted octanol–water partition coefficient (Wildman–Crippen LogP) is 2.36. The molecule has 8 heteroatoms. The Balaban J connectivity index is 1.60. The zero-order valence-electron chi connectivity index (χ0n) is 12.2. The van der Waals surface area contributed by atoms with E-state index in [1.807, 2.05) is 4.90 Å². The van der Waals surface area contributed by atoms with Gasteiger partial charge in [0.05, 0.1) is 30.5 Å². The number of aromatic nitrogens is 2. The molecule has 122 valence electrons. The average Bonchev–Trinajstić information content (AvgIpc) is 2.45. The van der Waals surface area contributed by atoms with Crippen LogP contribution in [0.1, 0.15) is 11.1 Å². The van der Waals surface area contributed by atoms with E-state index in [9.17, 15) is 18.0 Å². The molecule has 2 aromatic rings. The maximum Gasteiger partial charge on any atom is 0.416 e. The van der Waals surface area contributed by atoms with Crippen molar-refractivity contribution in [1.29, 1.82) is 0 Å². The van der Waals surface area contributed by atoms with Crippen LogP contribution in [0.25, 0.3) is 0 Å². The number of rotatable bonds is 3. The fourth-order valence-corrected chi connectivity index (χ4v) is 2.39. The van der Waals surface area contributed by atoms with Crippen molar-refractivity contribution in [3.8, 4) is 5.75 Å². The van der Waals surface area contributed by atoms with Gasteiger partial charge in [-0.15, -0.1) is 0 Å². The lowest BCUT2D eigenvalue weighted by atomic mass is 10.1. The first kappa shape index (κ1) is 15.4. The first-order valence-electron chi connectivity index (χ1n) is 6.98. The Kier molecular flexibility index (Phi) is 3.75. The summed E-state index contributed by atoms with van der Waals surface area (Å²) in [6.45, 7) is 2.81. The molecule has 0 spiro atoms. The van der Waals surface area contributed by atoms with E-state index in [-0.39, 0.29) is 11.7 Å². The van der Waals surface area contributed by atoms with Crippen LogP contribution in [0.2, 0.25) is 0 Å². The highest BCUT2D eigenvalue weighted by Crippen LogP contribution is 2.31. The Morgan fingerprint density at radius 2 is 1.91 bits per heavy atom. The van der Waals surface area contributed by atoms with E-state index in [1.165, 1.54) is 12.1 Å². The Hall–Kier alpha value is -2.51. The van der Waals surface area contributed by atoms with Gasteiger partial charge in [0.1, 0.15) is 11.9 Å². The lowest BCUT2D eigenvalue weighted by Crippen LogP contribution is -2.54. The van der Waals surface area contributed by atoms with E-state index in [2.05, 4.69) is 10.2 Å². The summed E-state index contributed by atoms with van der Waals surface area (Å²) < 4.78 is 43.1. The van der Waals surface area contributed by atoms with Gasteiger partial charge in [0, 0.05) is 5.56 Å². The van der Waals surface area contributed by atoms with Crippen molar-refractivity contribution in [2.45, 2.75) is 19.2 Å². The minimum absolute atomic E-state index is 0.134. The molecule has 1 saturated heterocycles. The molecule has 1 fully saturated rings. The van der Waals surface area contributed by atoms with Crippen molar-refractivity contribution in [3.63, 3.8) is 0 Å². The number of aromatic amines is 1. The van der Waals surface area contributed by atoms with Crippen LogP contribution in [0.15, 0.2) is 35.3 Å². The summed E-state index contributed by atoms with van der Waals surface area (Å²) in [5, 5.41) is 6.12. The number of alkyl halides is 3. The number of H-pyrrole nitrogens is 1. The van der Waals surface area contributed by atoms with Crippen LogP contribution in [0.3, 0.4) is 0 Å². The van der Waals surface area contributed by atoms with Crippen molar-refractivity contribution < 1.29 is 17.9 Å². The van der Waals surface area contributed by atoms with Gasteiger partial charge in [-0.2, -0.15) is 18.3 Å². The molecule has 1 aromatic heterocycles. The van der Waals surface area contributed by atoms with Gasteiger partial charge >= 0.3 is 6.18 Å². The average molecular weight is 325 g/mol. The van der Waals surface area contributed by atoms with Crippen molar-refractivity contribution in [2.24, 2.45) is 0 Å². The summed E-state index contributed by atoms with van der Waals surface area (Å²) in [5.74, 6) is 0.392. The van der Waals surface area contributed by atoms with Gasteiger partial charge in [0.25, 0.3) is 5.56 Å². The molecule has 0 radical (unpaired) electrons. The van der Waals surface area contributed by atoms with Crippen molar-refractivity contribution in [3.05, 3.63) is 51.9 Å². The SMILES string of the molecule is Cc1c(N2CC(Oc3ccc(C(F)(F)F)cc3)C2)cn[nH]c1=O. The third-order valence-corrected chi connectivity index (χ3v) is 3.75. The van der Waals surface area contributed by atoms with Crippen LogP contribution in [-0.4, -0.2) is 29.4 Å². The van der Waals surface area contributed by atoms with Gasteiger partial charge in [-0.25, -0.2) is 5.10 Å². The molecule has 1 aromatic carbocycles. The van der Waals surface area contributed by atoms with Gasteiger partial charge in [0.2, 0.25) is 0 Å². The maximum atomic E-state index is 12.5. The van der Waals surface area contributed by atoms with Crippen LogP contribution in [0.5, 0.6) is 5.75 Å². The molecule has 2 heterocycles. The molecule has 1 aliphatic heterocycles. The van der Waals surface area contributed by atoms with Crippen molar-refractivity contribution >= 4 is 5.69 Å². The van der Waals surface area contributed by atoms with Crippen LogP contribution < -0.4 is 15.2 Å². The van der Waals surface area contributed by atoms with Gasteiger partial charge in [-0.05, 0) is 31.2 Å². The van der Waals surface area contributed by atoms with Crippen molar-refractivity contribution in [1.82, 2.24) is 10.2 Å². The second kappa shape index (κ2) is 5.60. The molecular formula is C15H14F3N3O2. The first-order valence-corrected chi connectivity index (χ1v) is 6.98. The molecule has 0 aliphatic carbocycles. The Morgan fingerprint density at radius 3 is 2.52 bits per heavy atom. The van der Waals surface area contributed by atoms with E-state index in [1.54, 1.807) is 13.1 Å². The minimum atomic E-state index is -4.35. The molecule has 5 nitrogen and oxygen atoms in total. The van der Waals surface area contributed by atoms with E-state index < -0.39 is 11.7 Å². The van der Waals surface area contributed by atoms with Gasteiger partial charge in [-0.3, -0.25) is 4.79 Å². The lowest BCUT2D eigenvalue weighted by molar-refractivity contribution is -0.137. The number of benzene rings is 1. The number of ether oxygens (including phenoxy) is 1. The maximum absolute atomic E-state index is 12.5. The Bertz CT molecular complexity index is 750. The summed E-state index contributed by atoms with van der Waals surface area (Å²) in [6.07, 6.45) is -2.91. The molecule has 0 unspecified atom stereocenters. The first-order chi connectivity index (χ1) is 10.8. The van der Waals surface area contributed by atoms with Gasteiger partial charge in [-0.1, -0.05) is 0 Å². The van der Waals surface area contributed by atoms with E-state index >= 15 is 0 Å². The molecule has 0 amide bonds. The molecule has 0 atom stereocenters. The van der Waals surface area contributed by atoms with Crippen molar-refractivity contribution in [2.75, 3.05) is 18.0 Å². The Labute approximate surface area is 129 Å². The molecule has 1 N–H and O–H groups in total. The molecule has 3 rings (SSSR count). The van der Waals surface area contributed by atoms with Crippen LogP contribution in [-0.2, 0) is 6.18 Å². The van der Waals surface area contributed by atoms with E-state index in [0.717, 1.165) is 17.8 Å². The van der Waals surface area contributed by atoms with E-state index in [4.69, 9.17) is 4.74 Å². The highest BCUT2D eigenvalue weighted by Gasteiger charge is 2.32. The topological polar surface area (TPSA) is 58.2 Å². The number of hydrogen-bond acceptors (Lipinski definition) is 4. The van der Waals surface area contributed by atoms with Crippen LogP contribution in [0, 0.1) is 6.92 Å². The summed E-state index contributed by atoms with van der Waals surface area (Å²) >= 11 is 0. The zero-order chi connectivity index (χ0) is 16.6. The standard InChI is InChI=1S/C15H14F3N3O2/c1-9-13(6-19-20-14(9)22)21-7-12(8-21)23-11-4-2-10(3-5-11)15(16,17)18/h2-6,12H,7-8H2,1H3,(H,20,22). The normalized spacial score (nSPS) is 15.4. The quantitative estimate of drug-likeness (QED) is 0.941. The number of halogens is 3. The zero-order valence-corrected chi connectivity index (χ0v) is 12.2. The molecule has 0 saturated carbocycles. The fourth-order valence-electron chi connectivity index (χ4n) is 2.39. The summed E-state index contributed by atoms with van der Waals surface area (Å²) in [5.41, 5.74) is 0.369. The summed E-state index contributed by atoms with van der Waals surface area (Å²) in [6, 6.07) is 4.62. The molecular weight excluding hydrogens is 311 g/mol. The lowest BCUT2D eigenvalue weighted by Gasteiger charge is -2.40. The number of nitrogens with zero attached hydrogens (tertiary/aromatic N) is 2. The third-order valence-electron chi connectivity index (χ3n) is 3.75. The second-order valence-corrected chi connectivity index (χ2v) is 5.38. The van der Waals surface area contributed by atoms with Crippen LogP contribution >= 0.6 is 0 Å². The second-order valence-electron chi connectivity index (χ2n) is 5.38. The molecule has 1 aliphatic rings. The summed E-state index contributed by atoms with van der Waals surface area (Å²) in [4.78, 5) is 13.4. The smallest absolute Gasteiger partial charge is 0.416 e. The van der Waals surface area contributed by atoms with Gasteiger partial charge in [0.15, 0.2) is 0 Å².